The highest BCUT2D eigenvalue weighted by atomic mass is 35.5. The maximum atomic E-state index is 12.8. The molecule has 1 aliphatic rings. The van der Waals surface area contributed by atoms with E-state index in [-0.39, 0.29) is 24.4 Å². The second-order valence-electron chi connectivity index (χ2n) is 12.3. The molecule has 4 aromatic rings. The summed E-state index contributed by atoms with van der Waals surface area (Å²) < 4.78 is 12.6. The van der Waals surface area contributed by atoms with E-state index in [0.29, 0.717) is 34.7 Å². The van der Waals surface area contributed by atoms with Crippen molar-refractivity contribution in [2.24, 2.45) is 5.73 Å². The third-order valence-corrected chi connectivity index (χ3v) is 7.96. The largest absolute Gasteiger partial charge is 0.497 e. The van der Waals surface area contributed by atoms with Gasteiger partial charge in [-0.15, -0.1) is 12.4 Å². The third kappa shape index (κ3) is 10.6. The molecule has 8 N–H and O–H groups in total. The molecule has 16 nitrogen and oxygen atoms in total. The van der Waals surface area contributed by atoms with Crippen LogP contribution >= 0.6 is 12.4 Å². The highest BCUT2D eigenvalue weighted by Gasteiger charge is 2.46. The number of nitrogens with zero attached hydrogens (tertiary/aromatic N) is 5. The molecule has 0 spiro atoms. The van der Waals surface area contributed by atoms with Gasteiger partial charge in [-0.2, -0.15) is 0 Å². The number of methoxy groups -OCH3 is 1. The van der Waals surface area contributed by atoms with Crippen LogP contribution in [0.5, 0.6) is 5.75 Å². The van der Waals surface area contributed by atoms with E-state index in [1.165, 1.54) is 12.7 Å². The van der Waals surface area contributed by atoms with E-state index in [1.807, 2.05) is 71.4 Å². The topological polar surface area (TPSA) is 214 Å². The maximum Gasteiger partial charge on any atom is 0.251 e. The second-order valence-corrected chi connectivity index (χ2v) is 12.3. The van der Waals surface area contributed by atoms with E-state index in [1.54, 1.807) is 28.7 Å². The lowest BCUT2D eigenvalue weighted by molar-refractivity contribution is -0.124. The highest BCUT2D eigenvalue weighted by Crippen LogP contribution is 2.32. The summed E-state index contributed by atoms with van der Waals surface area (Å²) in [5.41, 5.74) is 15.7. The molecule has 1 fully saturated rings. The Bertz CT molecular complexity index is 1690. The van der Waals surface area contributed by atoms with Crippen LogP contribution in [0.4, 0.5) is 5.82 Å². The van der Waals surface area contributed by atoms with Gasteiger partial charge < -0.3 is 41.0 Å². The van der Waals surface area contributed by atoms with Gasteiger partial charge in [-0.25, -0.2) is 15.0 Å². The van der Waals surface area contributed by atoms with Gasteiger partial charge in [0.25, 0.3) is 5.91 Å². The van der Waals surface area contributed by atoms with Crippen molar-refractivity contribution < 1.29 is 29.3 Å². The first kappa shape index (κ1) is 41.0. The van der Waals surface area contributed by atoms with Crippen molar-refractivity contribution in [3.8, 4) is 5.75 Å². The molecule has 2 aromatic carbocycles. The minimum Gasteiger partial charge on any atom is -0.497 e. The number of hydrogen-bond donors (Lipinski definition) is 7. The second kappa shape index (κ2) is 19.3. The maximum absolute atomic E-state index is 12.8. The van der Waals surface area contributed by atoms with E-state index in [9.17, 15) is 19.8 Å². The summed E-state index contributed by atoms with van der Waals surface area (Å²) in [6, 6.07) is 13.2. The van der Waals surface area contributed by atoms with Gasteiger partial charge in [0.2, 0.25) is 5.91 Å². The molecule has 3 heterocycles. The Morgan fingerprint density at radius 2 is 1.73 bits per heavy atom. The Hall–Kier alpha value is -4.42. The molecule has 0 aliphatic carbocycles. The zero-order chi connectivity index (χ0) is 36.4. The van der Waals surface area contributed by atoms with E-state index in [2.05, 4.69) is 36.4 Å². The van der Waals surface area contributed by atoms with Gasteiger partial charge in [0, 0.05) is 32.2 Å². The number of hydrazine groups is 1. The average molecular weight is 729 g/mol. The first-order valence-electron chi connectivity index (χ1n) is 16.2. The van der Waals surface area contributed by atoms with Crippen LogP contribution in [-0.4, -0.2) is 107 Å². The summed E-state index contributed by atoms with van der Waals surface area (Å²) in [6.07, 6.45) is 0.250. The molecular weight excluding hydrogens is 680 g/mol. The fraction of sp³-hybridized carbons (Fsp3) is 0.441. The number of aliphatic hydroxyl groups excluding tert-OH is 2. The minimum atomic E-state index is -1.18. The molecule has 0 unspecified atom stereocenters. The van der Waals surface area contributed by atoms with Crippen molar-refractivity contribution in [2.75, 3.05) is 39.8 Å². The monoisotopic (exact) mass is 728 g/mol. The van der Waals surface area contributed by atoms with Crippen molar-refractivity contribution in [2.45, 2.75) is 63.4 Å². The number of halogens is 1. The summed E-state index contributed by atoms with van der Waals surface area (Å²) in [5, 5.41) is 26.5. The predicted octanol–water partition coefficient (Wildman–Crippen LogP) is 0.677. The molecule has 1 aliphatic heterocycles. The fourth-order valence-corrected chi connectivity index (χ4v) is 5.35. The molecule has 51 heavy (non-hydrogen) atoms. The van der Waals surface area contributed by atoms with Gasteiger partial charge in [0.15, 0.2) is 23.2 Å². The van der Waals surface area contributed by atoms with Crippen molar-refractivity contribution in [3.63, 3.8) is 0 Å². The number of hydrogen-bond acceptors (Lipinski definition) is 13. The average Bonchev–Trinajstić information content (AvgIpc) is 3.67. The lowest BCUT2D eigenvalue weighted by atomic mass is 10.0. The molecule has 2 aromatic heterocycles. The van der Waals surface area contributed by atoms with Crippen molar-refractivity contribution in [1.82, 2.24) is 41.0 Å². The van der Waals surface area contributed by atoms with Crippen molar-refractivity contribution >= 4 is 41.2 Å². The smallest absolute Gasteiger partial charge is 0.251 e. The summed E-state index contributed by atoms with van der Waals surface area (Å²) in [6.45, 7) is 4.23. The number of fused-ring (bicyclic) bond motifs is 1. The standard InChI is InChI=1S/C22H29N7O5.C12H19N3O.ClH/c1-28(2)19-17-20(25-10-24-19)29(11-26-17)22-18(31)16(15(9-30)34-22)27-21(32)14(23)8-12-4-6-13(33-3)7-5-12;1-9(2)15-12(16)11-6-4-10(5-7-11)8-14-13-3;/h4-7,10-11,14-16,18,22,30-31H,8-9,23H2,1-3H3,(H,27,32);4-7,9,13-14H,8H2,1-3H3,(H,15,16);1H/t14-,15+,16+,18+,22+;;/m0../s1. The lowest BCUT2D eigenvalue weighted by Gasteiger charge is -2.23. The SMILES string of the molecule is CNNCc1ccc(C(=O)NC(C)C)cc1.COc1ccc(C[C@H](N)C(=O)N[C@H]2[C@@H](O)[C@H](n3cnc4c(N(C)C)ncnc43)O[C@@H]2CO)cc1.Cl. The highest BCUT2D eigenvalue weighted by molar-refractivity contribution is 5.94. The Morgan fingerprint density at radius 1 is 1.06 bits per heavy atom. The molecular formula is C34H49ClN10O6. The Kier molecular flexibility index (Phi) is 15.5. The van der Waals surface area contributed by atoms with Crippen LogP contribution in [0.1, 0.15) is 41.6 Å². The predicted molar refractivity (Wildman–Crippen MR) is 195 cm³/mol. The number of anilines is 1. The van der Waals surface area contributed by atoms with Crippen LogP contribution in [0.3, 0.4) is 0 Å². The summed E-state index contributed by atoms with van der Waals surface area (Å²) in [5.74, 6) is 0.836. The number of aliphatic hydroxyl groups is 2. The van der Waals surface area contributed by atoms with Crippen LogP contribution in [0.2, 0.25) is 0 Å². The third-order valence-electron chi connectivity index (χ3n) is 7.96. The van der Waals surface area contributed by atoms with E-state index >= 15 is 0 Å². The molecule has 17 heteroatoms. The van der Waals surface area contributed by atoms with E-state index < -0.39 is 43.0 Å². The van der Waals surface area contributed by atoms with Gasteiger partial charge in [0.05, 0.1) is 32.1 Å². The Labute approximate surface area is 303 Å². The van der Waals surface area contributed by atoms with Crippen LogP contribution in [0, 0.1) is 0 Å². The number of nitrogens with one attached hydrogen (secondary N) is 4. The normalized spacial score (nSPS) is 18.7. The number of benzene rings is 2. The van der Waals surface area contributed by atoms with E-state index in [0.717, 1.165) is 17.7 Å². The van der Waals surface area contributed by atoms with Crippen LogP contribution in [0.15, 0.2) is 61.2 Å². The number of rotatable bonds is 13. The summed E-state index contributed by atoms with van der Waals surface area (Å²) in [7, 11) is 7.08. The van der Waals surface area contributed by atoms with Gasteiger partial charge in [0.1, 0.15) is 24.3 Å². The summed E-state index contributed by atoms with van der Waals surface area (Å²) >= 11 is 0. The Balaban J connectivity index is 0.000000349. The number of amides is 2. The Morgan fingerprint density at radius 3 is 2.31 bits per heavy atom. The van der Waals surface area contributed by atoms with Crippen molar-refractivity contribution in [1.29, 1.82) is 0 Å². The van der Waals surface area contributed by atoms with Crippen LogP contribution in [0.25, 0.3) is 11.2 Å². The molecule has 0 bridgehead atoms. The molecule has 0 saturated carbocycles. The minimum absolute atomic E-state index is 0. The van der Waals surface area contributed by atoms with Crippen LogP contribution < -0.4 is 36.9 Å². The molecule has 1 saturated heterocycles. The number of carbonyl (C=O) groups excluding carboxylic acids is 2. The number of imidazole rings is 1. The van der Waals surface area contributed by atoms with E-state index in [4.69, 9.17) is 15.2 Å². The molecule has 278 valence electrons. The first-order valence-corrected chi connectivity index (χ1v) is 16.2. The quantitative estimate of drug-likeness (QED) is 0.0945. The first-order chi connectivity index (χ1) is 24.0. The number of carbonyl (C=O) groups is 2. The van der Waals surface area contributed by atoms with Crippen LogP contribution in [-0.2, 0) is 22.5 Å². The summed E-state index contributed by atoms with van der Waals surface area (Å²) in [4.78, 5) is 39.1. The molecule has 5 atom stereocenters. The molecule has 5 rings (SSSR count). The molecule has 0 radical (unpaired) electrons. The lowest BCUT2D eigenvalue weighted by Crippen LogP contribution is -2.53. The van der Waals surface area contributed by atoms with Gasteiger partial charge >= 0.3 is 0 Å². The number of aromatic nitrogens is 4. The number of nitrogens with two attached hydrogens (primary N) is 1. The molecule has 2 amide bonds. The fourth-order valence-electron chi connectivity index (χ4n) is 5.35. The van der Waals surface area contributed by atoms with Gasteiger partial charge in [-0.05, 0) is 62.7 Å². The zero-order valence-corrected chi connectivity index (χ0v) is 30.4. The van der Waals surface area contributed by atoms with Gasteiger partial charge in [-0.1, -0.05) is 24.3 Å². The van der Waals surface area contributed by atoms with Gasteiger partial charge in [-0.3, -0.25) is 25.0 Å². The zero-order valence-electron chi connectivity index (χ0n) is 29.6. The number of ether oxygens (including phenoxy) is 2. The van der Waals surface area contributed by atoms with Crippen molar-refractivity contribution in [3.05, 3.63) is 77.9 Å².